The Morgan fingerprint density at radius 3 is 2.63 bits per heavy atom. The van der Waals surface area contributed by atoms with Crippen molar-refractivity contribution in [3.63, 3.8) is 0 Å². The summed E-state index contributed by atoms with van der Waals surface area (Å²) in [6.07, 6.45) is 0.383. The average Bonchev–Trinajstić information content (AvgIpc) is 3.79. The first-order chi connectivity index (χ1) is 22.0. The van der Waals surface area contributed by atoms with Crippen molar-refractivity contribution in [2.24, 2.45) is 17.8 Å². The number of ether oxygens (including phenoxy) is 1. The number of carbonyl (C=O) groups excluding carboxylic acids is 2. The zero-order valence-corrected chi connectivity index (χ0v) is 26.4. The highest BCUT2D eigenvalue weighted by Crippen LogP contribution is 2.59. The molecule has 2 aromatic carbocycles. The monoisotopic (exact) mass is 628 g/mol. The summed E-state index contributed by atoms with van der Waals surface area (Å²) in [6.45, 7) is 9.37. The van der Waals surface area contributed by atoms with Gasteiger partial charge in [-0.25, -0.2) is 14.4 Å². The minimum atomic E-state index is -1.20. The van der Waals surface area contributed by atoms with Gasteiger partial charge in [0.2, 0.25) is 17.7 Å². The lowest BCUT2D eigenvalue weighted by Gasteiger charge is -2.28. The van der Waals surface area contributed by atoms with Gasteiger partial charge >= 0.3 is 0 Å². The van der Waals surface area contributed by atoms with Crippen molar-refractivity contribution in [3.05, 3.63) is 82.5 Å². The highest BCUT2D eigenvalue weighted by molar-refractivity contribution is 5.89. The summed E-state index contributed by atoms with van der Waals surface area (Å²) in [5.41, 5.74) is 2.61. The lowest BCUT2D eigenvalue weighted by molar-refractivity contribution is -0.135. The van der Waals surface area contributed by atoms with Crippen molar-refractivity contribution in [1.29, 1.82) is 0 Å². The largest absolute Gasteiger partial charge is 0.469 e. The first-order valence-corrected chi connectivity index (χ1v) is 15.8. The molecule has 2 aromatic heterocycles. The molecule has 1 spiro atoms. The van der Waals surface area contributed by atoms with E-state index in [1.165, 1.54) is 12.1 Å². The maximum Gasteiger partial charge on any atom is 0.249 e. The van der Waals surface area contributed by atoms with Gasteiger partial charge in [-0.2, -0.15) is 0 Å². The maximum atomic E-state index is 15.1. The molecule has 11 heteroatoms. The van der Waals surface area contributed by atoms with Crippen LogP contribution in [0.15, 0.2) is 51.5 Å². The molecule has 3 aliphatic heterocycles. The van der Waals surface area contributed by atoms with E-state index in [1.54, 1.807) is 26.2 Å². The third-order valence-electron chi connectivity index (χ3n) is 9.41. The van der Waals surface area contributed by atoms with Crippen molar-refractivity contribution < 1.29 is 32.7 Å². The number of aryl methyl sites for hydroxylation is 1. The molecule has 4 aromatic rings. The fourth-order valence-electron chi connectivity index (χ4n) is 6.89. The number of ketones is 1. The summed E-state index contributed by atoms with van der Waals surface area (Å²) >= 11 is 0. The Balaban J connectivity index is 1.49. The molecule has 240 valence electrons. The molecule has 2 unspecified atom stereocenters. The molecular weight excluding hydrogens is 591 g/mol. The quantitative estimate of drug-likeness (QED) is 0.243. The van der Waals surface area contributed by atoms with Crippen LogP contribution in [0.3, 0.4) is 0 Å². The number of hydrogen-bond donors (Lipinski definition) is 3. The van der Waals surface area contributed by atoms with E-state index in [0.717, 1.165) is 11.3 Å². The Hall–Kier alpha value is -4.51. The number of Topliss-reactive ketones (excluding diaryl/α,β-unsaturated/α-hetero) is 1. The molecule has 0 fully saturated rings. The molecule has 1 amide bonds. The summed E-state index contributed by atoms with van der Waals surface area (Å²) in [7, 11) is 0. The van der Waals surface area contributed by atoms with Crippen LogP contribution in [0.1, 0.15) is 81.1 Å². The van der Waals surface area contributed by atoms with Crippen LogP contribution in [0.5, 0.6) is 5.75 Å². The van der Waals surface area contributed by atoms with Gasteiger partial charge in [0.15, 0.2) is 23.5 Å². The second-order valence-corrected chi connectivity index (χ2v) is 13.2. The first kappa shape index (κ1) is 30.2. The minimum absolute atomic E-state index is 0.148. The molecule has 7 rings (SSSR count). The van der Waals surface area contributed by atoms with Crippen LogP contribution >= 0.6 is 0 Å². The van der Waals surface area contributed by atoms with E-state index in [-0.39, 0.29) is 42.4 Å². The van der Waals surface area contributed by atoms with E-state index in [2.05, 4.69) is 15.6 Å². The van der Waals surface area contributed by atoms with Crippen LogP contribution in [0.2, 0.25) is 0 Å². The van der Waals surface area contributed by atoms with Gasteiger partial charge in [-0.3, -0.25) is 9.59 Å². The lowest BCUT2D eigenvalue weighted by Crippen LogP contribution is -2.41. The fourth-order valence-corrected chi connectivity index (χ4v) is 6.89. The number of aliphatic hydroxyl groups is 1. The summed E-state index contributed by atoms with van der Waals surface area (Å²) in [4.78, 5) is 36.7. The zero-order valence-electron chi connectivity index (χ0n) is 26.4. The third-order valence-corrected chi connectivity index (χ3v) is 9.41. The van der Waals surface area contributed by atoms with Crippen LogP contribution in [-0.4, -0.2) is 39.1 Å². The number of carbonyl (C=O) groups is 2. The predicted octanol–water partition coefficient (Wildman–Crippen LogP) is 5.47. The summed E-state index contributed by atoms with van der Waals surface area (Å²) < 4.78 is 34.3. The molecule has 0 saturated carbocycles. The van der Waals surface area contributed by atoms with Gasteiger partial charge in [0, 0.05) is 29.2 Å². The van der Waals surface area contributed by atoms with Crippen LogP contribution in [0, 0.1) is 23.6 Å². The minimum Gasteiger partial charge on any atom is -0.469 e. The normalized spacial score (nSPS) is 23.6. The number of aromatic nitrogens is 2. The molecule has 4 bridgehead atoms. The van der Waals surface area contributed by atoms with E-state index in [4.69, 9.17) is 18.6 Å². The Morgan fingerprint density at radius 2 is 1.91 bits per heavy atom. The predicted molar refractivity (Wildman–Crippen MR) is 166 cm³/mol. The number of oxazole rings is 2. The summed E-state index contributed by atoms with van der Waals surface area (Å²) in [5, 5.41) is 17.1. The lowest BCUT2D eigenvalue weighted by atomic mass is 9.72. The molecule has 46 heavy (non-hydrogen) atoms. The molecule has 0 saturated heterocycles. The van der Waals surface area contributed by atoms with Gasteiger partial charge < -0.3 is 29.3 Å². The number of rotatable bonds is 7. The van der Waals surface area contributed by atoms with Crippen molar-refractivity contribution >= 4 is 17.4 Å². The second-order valence-electron chi connectivity index (χ2n) is 13.2. The van der Waals surface area contributed by atoms with Gasteiger partial charge in [-0.15, -0.1) is 0 Å². The van der Waals surface area contributed by atoms with Gasteiger partial charge in [-0.05, 0) is 54.5 Å². The smallest absolute Gasteiger partial charge is 0.249 e. The van der Waals surface area contributed by atoms with Gasteiger partial charge in [0.1, 0.15) is 35.4 Å². The maximum absolute atomic E-state index is 15.1. The number of fused-ring (bicyclic) bond motifs is 4. The number of hydrogen-bond acceptors (Lipinski definition) is 9. The second kappa shape index (κ2) is 11.1. The van der Waals surface area contributed by atoms with Gasteiger partial charge in [0.25, 0.3) is 0 Å². The Labute approximate surface area is 265 Å². The highest BCUT2D eigenvalue weighted by Gasteiger charge is 2.61. The topological polar surface area (TPSA) is 140 Å². The molecule has 10 nitrogen and oxygen atoms in total. The number of halogens is 1. The number of nitrogens with one attached hydrogen (secondary N) is 2. The summed E-state index contributed by atoms with van der Waals surface area (Å²) in [6, 6.07) is 9.48. The Morgan fingerprint density at radius 1 is 1.11 bits per heavy atom. The molecule has 3 N–H and O–H groups in total. The molecule has 0 aliphatic carbocycles. The number of anilines is 1. The van der Waals surface area contributed by atoms with Crippen molar-refractivity contribution in [3.8, 4) is 17.3 Å². The number of amides is 1. The molecule has 3 aliphatic rings. The number of aliphatic hydroxyl groups excluding tert-OH is 1. The standard InChI is InChI=1S/C35H37FN4O6/c1-6-21-15-44-32(37-21)28-30-35-22-14-20(36)8-9-24(22)38-34(35)45-26-10-7-18(12-23(26)35)11-19(13-25(41)29(42)17(4)5)31(43)39-27(16(2)3)33(40-28)46-30/h7-10,12,14-17,19,27,29,34,38,42H,6,11,13H2,1-5H3,(H,39,43)/t19?,27-,29-,34?,35-/m0/s1. The van der Waals surface area contributed by atoms with E-state index in [0.29, 0.717) is 40.4 Å². The first-order valence-electron chi connectivity index (χ1n) is 15.8. The van der Waals surface area contributed by atoms with E-state index in [1.807, 2.05) is 39.0 Å². The van der Waals surface area contributed by atoms with Crippen LogP contribution in [0.4, 0.5) is 10.1 Å². The Kier molecular flexibility index (Phi) is 7.26. The van der Waals surface area contributed by atoms with Gasteiger partial charge in [0.05, 0.1) is 5.69 Å². The van der Waals surface area contributed by atoms with Crippen LogP contribution in [0.25, 0.3) is 11.6 Å². The molecular formula is C35H37FN4O6. The SMILES string of the molecule is CCc1coc(-c2nc3oc2[C@@]24c5cc(F)ccc5NC2Oc2ccc(cc24)CC(CC(=O)[C@@H](O)C(C)C)C(=O)N[C@H]3C(C)C)n1. The number of benzene rings is 2. The fraction of sp³-hybridized carbons (Fsp3) is 0.429. The number of nitrogens with zero attached hydrogens (tertiary/aromatic N) is 2. The average molecular weight is 629 g/mol. The van der Waals surface area contributed by atoms with E-state index >= 15 is 4.39 Å². The summed E-state index contributed by atoms with van der Waals surface area (Å²) in [5.74, 6) is -1.05. The van der Waals surface area contributed by atoms with Gasteiger partial charge in [-0.1, -0.05) is 46.8 Å². The van der Waals surface area contributed by atoms with Crippen LogP contribution in [-0.2, 0) is 27.8 Å². The Bertz CT molecular complexity index is 1850. The van der Waals surface area contributed by atoms with E-state index < -0.39 is 41.3 Å². The highest BCUT2D eigenvalue weighted by atomic mass is 19.1. The van der Waals surface area contributed by atoms with Crippen molar-refractivity contribution in [2.45, 2.75) is 77.7 Å². The zero-order chi connectivity index (χ0) is 32.5. The van der Waals surface area contributed by atoms with Crippen molar-refractivity contribution in [2.75, 3.05) is 5.32 Å². The molecule has 0 radical (unpaired) electrons. The third kappa shape index (κ3) is 4.62. The molecule has 5 heterocycles. The van der Waals surface area contributed by atoms with Crippen molar-refractivity contribution in [1.82, 2.24) is 15.3 Å². The van der Waals surface area contributed by atoms with E-state index in [9.17, 15) is 14.7 Å². The van der Waals surface area contributed by atoms with Crippen LogP contribution < -0.4 is 15.4 Å². The molecule has 5 atom stereocenters.